The van der Waals surface area contributed by atoms with Crippen LogP contribution in [0.2, 0.25) is 0 Å². The topological polar surface area (TPSA) is 59.1 Å². The van der Waals surface area contributed by atoms with Gasteiger partial charge in [-0.15, -0.1) is 0 Å². The molecule has 0 spiro atoms. The van der Waals surface area contributed by atoms with E-state index in [1.807, 2.05) is 32.9 Å². The molecule has 6 nitrogen and oxygen atoms in total. The van der Waals surface area contributed by atoms with Gasteiger partial charge in [-0.3, -0.25) is 4.79 Å². The van der Waals surface area contributed by atoms with Crippen molar-refractivity contribution in [3.05, 3.63) is 28.2 Å². The van der Waals surface area contributed by atoms with Gasteiger partial charge in [-0.2, -0.15) is 0 Å². The molecular weight excluding hydrogens is 388 g/mol. The summed E-state index contributed by atoms with van der Waals surface area (Å²) in [6, 6.07) is 5.51. The summed E-state index contributed by atoms with van der Waals surface area (Å²) in [6.45, 7) is 6.98. The molecule has 0 aliphatic carbocycles. The average molecular weight is 411 g/mol. The Morgan fingerprint density at radius 2 is 1.96 bits per heavy atom. The number of rotatable bonds is 1. The van der Waals surface area contributed by atoms with Gasteiger partial charge in [0.25, 0.3) is 5.91 Å². The quantitative estimate of drug-likeness (QED) is 0.708. The molecule has 1 fully saturated rings. The first kappa shape index (κ1) is 18.0. The molecule has 1 aromatic rings. The second kappa shape index (κ2) is 6.86. The van der Waals surface area contributed by atoms with Crippen LogP contribution in [0.1, 0.15) is 44.0 Å². The van der Waals surface area contributed by atoms with E-state index in [1.165, 1.54) is 0 Å². The third-order valence-corrected chi connectivity index (χ3v) is 4.84. The fourth-order valence-corrected chi connectivity index (χ4v) is 3.44. The second-order valence-corrected chi connectivity index (χ2v) is 8.30. The lowest BCUT2D eigenvalue weighted by molar-refractivity contribution is 0.00598. The van der Waals surface area contributed by atoms with Crippen molar-refractivity contribution in [3.8, 4) is 5.75 Å². The minimum atomic E-state index is -0.497. The Morgan fingerprint density at radius 1 is 1.28 bits per heavy atom. The molecule has 2 aliphatic heterocycles. The van der Waals surface area contributed by atoms with Gasteiger partial charge in [-0.05, 0) is 51.8 Å². The fraction of sp³-hybridized carbons (Fsp3) is 0.556. The summed E-state index contributed by atoms with van der Waals surface area (Å²) in [5, 5.41) is 0. The Labute approximate surface area is 156 Å². The number of fused-ring (bicyclic) bond motifs is 1. The summed E-state index contributed by atoms with van der Waals surface area (Å²) < 4.78 is 12.1. The van der Waals surface area contributed by atoms with Gasteiger partial charge in [-0.1, -0.05) is 15.9 Å². The molecule has 3 rings (SSSR count). The zero-order valence-electron chi connectivity index (χ0n) is 14.8. The molecular formula is C18H23BrN2O4. The molecule has 7 heteroatoms. The second-order valence-electron chi connectivity index (χ2n) is 7.39. The number of benzene rings is 1. The smallest absolute Gasteiger partial charge is 0.410 e. The summed E-state index contributed by atoms with van der Waals surface area (Å²) in [5.41, 5.74) is 0.0896. The molecule has 2 amide bonds. The van der Waals surface area contributed by atoms with E-state index in [1.54, 1.807) is 15.9 Å². The first-order valence-electron chi connectivity index (χ1n) is 8.46. The molecule has 0 radical (unpaired) electrons. The predicted molar refractivity (Wildman–Crippen MR) is 96.6 cm³/mol. The van der Waals surface area contributed by atoms with Crippen molar-refractivity contribution in [1.82, 2.24) is 9.80 Å². The zero-order chi connectivity index (χ0) is 18.2. The van der Waals surface area contributed by atoms with E-state index >= 15 is 0 Å². The van der Waals surface area contributed by atoms with Gasteiger partial charge in [-0.25, -0.2) is 4.79 Å². The van der Waals surface area contributed by atoms with Crippen molar-refractivity contribution in [1.29, 1.82) is 0 Å². The number of hydrogen-bond acceptors (Lipinski definition) is 4. The molecule has 2 heterocycles. The summed E-state index contributed by atoms with van der Waals surface area (Å²) in [4.78, 5) is 28.4. The minimum absolute atomic E-state index is 0.00975. The predicted octanol–water partition coefficient (Wildman–Crippen LogP) is 3.64. The zero-order valence-corrected chi connectivity index (χ0v) is 16.3. The Morgan fingerprint density at radius 3 is 2.60 bits per heavy atom. The number of nitrogens with zero attached hydrogens (tertiary/aromatic N) is 2. The maximum Gasteiger partial charge on any atom is 0.410 e. The summed E-state index contributed by atoms with van der Waals surface area (Å²) in [6.07, 6.45) is 1.16. The normalized spacial score (nSPS) is 18.6. The van der Waals surface area contributed by atoms with Crippen molar-refractivity contribution >= 4 is 27.9 Å². The Kier molecular flexibility index (Phi) is 4.95. The molecule has 25 heavy (non-hydrogen) atoms. The van der Waals surface area contributed by atoms with Gasteiger partial charge < -0.3 is 19.3 Å². The van der Waals surface area contributed by atoms with Crippen LogP contribution in [0, 0.1) is 0 Å². The van der Waals surface area contributed by atoms with Gasteiger partial charge in [0.15, 0.2) is 6.73 Å². The lowest BCUT2D eigenvalue weighted by Crippen LogP contribution is -2.51. The highest BCUT2D eigenvalue weighted by atomic mass is 79.9. The number of likely N-dealkylation sites (tertiary alicyclic amines) is 1. The van der Waals surface area contributed by atoms with Gasteiger partial charge >= 0.3 is 6.09 Å². The first-order valence-corrected chi connectivity index (χ1v) is 9.25. The number of piperidine rings is 1. The third kappa shape index (κ3) is 4.08. The maximum atomic E-state index is 12.8. The number of halogens is 1. The molecule has 0 N–H and O–H groups in total. The van der Waals surface area contributed by atoms with Crippen LogP contribution in [0.15, 0.2) is 22.7 Å². The highest BCUT2D eigenvalue weighted by molar-refractivity contribution is 9.10. The monoisotopic (exact) mass is 410 g/mol. The Hall–Kier alpha value is -1.76. The molecule has 0 saturated carbocycles. The summed E-state index contributed by atoms with van der Waals surface area (Å²) in [5.74, 6) is 0.603. The average Bonchev–Trinajstić information content (AvgIpc) is 2.53. The highest BCUT2D eigenvalue weighted by Crippen LogP contribution is 2.31. The van der Waals surface area contributed by atoms with Crippen LogP contribution in [0.25, 0.3) is 0 Å². The molecule has 136 valence electrons. The van der Waals surface area contributed by atoms with Crippen LogP contribution >= 0.6 is 15.9 Å². The van der Waals surface area contributed by atoms with Crippen LogP contribution in [-0.2, 0) is 4.74 Å². The van der Waals surface area contributed by atoms with Crippen LogP contribution in [0.3, 0.4) is 0 Å². The van der Waals surface area contributed by atoms with Crippen LogP contribution in [0.4, 0.5) is 4.79 Å². The van der Waals surface area contributed by atoms with Gasteiger partial charge in [0, 0.05) is 23.6 Å². The van der Waals surface area contributed by atoms with E-state index < -0.39 is 5.60 Å². The summed E-state index contributed by atoms with van der Waals surface area (Å²) in [7, 11) is 0. The minimum Gasteiger partial charge on any atom is -0.472 e. The Balaban J connectivity index is 1.61. The van der Waals surface area contributed by atoms with Crippen molar-refractivity contribution in [3.63, 3.8) is 0 Å². The molecule has 1 aromatic carbocycles. The van der Waals surface area contributed by atoms with E-state index in [2.05, 4.69) is 15.9 Å². The van der Waals surface area contributed by atoms with E-state index in [4.69, 9.17) is 9.47 Å². The van der Waals surface area contributed by atoms with E-state index in [-0.39, 0.29) is 24.8 Å². The molecule has 1 saturated heterocycles. The lowest BCUT2D eigenvalue weighted by Gasteiger charge is -2.40. The van der Waals surface area contributed by atoms with Crippen molar-refractivity contribution in [2.45, 2.75) is 45.3 Å². The maximum absolute atomic E-state index is 12.8. The number of ether oxygens (including phenoxy) is 2. The largest absolute Gasteiger partial charge is 0.472 e. The van der Waals surface area contributed by atoms with Gasteiger partial charge in [0.2, 0.25) is 0 Å². The SMILES string of the molecule is CC(C)(C)OC(=O)N1CCC(N2COc3cc(Br)ccc3C2=O)CC1. The standard InChI is InChI=1S/C18H23BrN2O4/c1-18(2,3)25-17(23)20-8-6-13(7-9-20)21-11-24-15-10-12(19)4-5-14(15)16(21)22/h4-5,10,13H,6-9,11H2,1-3H3. The van der Waals surface area contributed by atoms with Gasteiger partial charge in [0.05, 0.1) is 5.56 Å². The van der Waals surface area contributed by atoms with Crippen LogP contribution in [0.5, 0.6) is 5.75 Å². The van der Waals surface area contributed by atoms with E-state index in [9.17, 15) is 9.59 Å². The van der Waals surface area contributed by atoms with E-state index in [0.29, 0.717) is 24.4 Å². The van der Waals surface area contributed by atoms with Gasteiger partial charge in [0.1, 0.15) is 11.4 Å². The Bertz CT molecular complexity index is 678. The molecule has 2 aliphatic rings. The summed E-state index contributed by atoms with van der Waals surface area (Å²) >= 11 is 3.39. The van der Waals surface area contributed by atoms with Crippen LogP contribution in [-0.4, -0.2) is 53.3 Å². The van der Waals surface area contributed by atoms with Crippen molar-refractivity contribution in [2.75, 3.05) is 19.8 Å². The number of amides is 2. The third-order valence-electron chi connectivity index (χ3n) is 4.35. The van der Waals surface area contributed by atoms with Crippen molar-refractivity contribution in [2.24, 2.45) is 0 Å². The number of carbonyl (C=O) groups is 2. The van der Waals surface area contributed by atoms with Crippen molar-refractivity contribution < 1.29 is 19.1 Å². The first-order chi connectivity index (χ1) is 11.7. The lowest BCUT2D eigenvalue weighted by atomic mass is 10.0. The fourth-order valence-electron chi connectivity index (χ4n) is 3.10. The molecule has 0 aromatic heterocycles. The van der Waals surface area contributed by atoms with Crippen LogP contribution < -0.4 is 4.74 Å². The highest BCUT2D eigenvalue weighted by Gasteiger charge is 2.35. The molecule has 0 atom stereocenters. The number of carbonyl (C=O) groups excluding carboxylic acids is 2. The molecule has 0 unspecified atom stereocenters. The number of hydrogen-bond donors (Lipinski definition) is 0. The van der Waals surface area contributed by atoms with E-state index in [0.717, 1.165) is 17.3 Å². The molecule has 0 bridgehead atoms.